The molecule has 24 heavy (non-hydrogen) atoms. The molecule has 0 spiro atoms. The Bertz CT molecular complexity index is 760. The molecule has 0 saturated carbocycles. The van der Waals surface area contributed by atoms with Crippen LogP contribution in [-0.2, 0) is 11.3 Å². The molecular formula is C20H25NO3. The van der Waals surface area contributed by atoms with Crippen LogP contribution in [0.3, 0.4) is 0 Å². The Morgan fingerprint density at radius 2 is 2.08 bits per heavy atom. The number of ether oxygens (including phenoxy) is 1. The number of nitrogens with zero attached hydrogens (tertiary/aromatic N) is 1. The Hall–Kier alpha value is -2.23. The first-order chi connectivity index (χ1) is 11.3. The number of anilines is 1. The molecule has 1 aromatic carbocycles. The van der Waals surface area contributed by atoms with Gasteiger partial charge in [-0.1, -0.05) is 19.1 Å². The molecule has 0 N–H and O–H groups in total. The van der Waals surface area contributed by atoms with Crippen LogP contribution in [0.4, 0.5) is 5.69 Å². The third-order valence-electron chi connectivity index (χ3n) is 4.91. The van der Waals surface area contributed by atoms with Crippen LogP contribution in [0.15, 0.2) is 34.7 Å². The number of hydrogen-bond acceptors (Lipinski definition) is 4. The molecule has 1 atom stereocenters. The number of benzene rings is 1. The standard InChI is InChI=1S/C20H25NO3/c1-13-6-8-16-14(2)11-20(3,4)21(17(16)10-13)12-15-7-9-18(24-15)19(22)23-5/h6-10,14H,11-12H2,1-5H3/t14-/m0/s1. The highest BCUT2D eigenvalue weighted by atomic mass is 16.5. The molecule has 1 aliphatic rings. The molecule has 0 unspecified atom stereocenters. The molecule has 1 aromatic heterocycles. The summed E-state index contributed by atoms with van der Waals surface area (Å²) < 4.78 is 10.4. The minimum atomic E-state index is -0.441. The maximum absolute atomic E-state index is 11.6. The second-order valence-corrected chi connectivity index (χ2v) is 7.32. The van der Waals surface area contributed by atoms with Crippen LogP contribution < -0.4 is 4.90 Å². The first kappa shape index (κ1) is 16.6. The number of carbonyl (C=O) groups excluding carboxylic acids is 1. The average Bonchev–Trinajstić information content (AvgIpc) is 2.98. The van der Waals surface area contributed by atoms with Gasteiger partial charge in [-0.2, -0.15) is 0 Å². The van der Waals surface area contributed by atoms with Crippen molar-refractivity contribution < 1.29 is 13.9 Å². The van der Waals surface area contributed by atoms with Crippen LogP contribution in [0.25, 0.3) is 0 Å². The number of aryl methyl sites for hydroxylation is 1. The normalized spacial score (nSPS) is 19.0. The molecule has 0 aliphatic carbocycles. The van der Waals surface area contributed by atoms with Crippen LogP contribution in [0, 0.1) is 6.92 Å². The smallest absolute Gasteiger partial charge is 0.373 e. The van der Waals surface area contributed by atoms with E-state index in [1.807, 2.05) is 6.07 Å². The summed E-state index contributed by atoms with van der Waals surface area (Å²) in [5, 5.41) is 0. The molecule has 2 aromatic rings. The van der Waals surface area contributed by atoms with Gasteiger partial charge in [0.05, 0.1) is 13.7 Å². The highest BCUT2D eigenvalue weighted by Crippen LogP contribution is 2.44. The lowest BCUT2D eigenvalue weighted by Gasteiger charge is -2.47. The van der Waals surface area contributed by atoms with Crippen molar-refractivity contribution in [3.63, 3.8) is 0 Å². The quantitative estimate of drug-likeness (QED) is 0.769. The molecule has 1 aliphatic heterocycles. The van der Waals surface area contributed by atoms with Crippen molar-refractivity contribution in [2.45, 2.75) is 52.1 Å². The van der Waals surface area contributed by atoms with E-state index < -0.39 is 5.97 Å². The van der Waals surface area contributed by atoms with E-state index in [4.69, 9.17) is 9.15 Å². The number of rotatable bonds is 3. The Labute approximate surface area is 143 Å². The molecule has 4 heteroatoms. The van der Waals surface area contributed by atoms with Crippen molar-refractivity contribution >= 4 is 11.7 Å². The van der Waals surface area contributed by atoms with Gasteiger partial charge in [-0.25, -0.2) is 4.79 Å². The lowest BCUT2D eigenvalue weighted by molar-refractivity contribution is 0.0563. The van der Waals surface area contributed by atoms with Crippen LogP contribution in [0.2, 0.25) is 0 Å². The topological polar surface area (TPSA) is 42.7 Å². The van der Waals surface area contributed by atoms with Crippen molar-refractivity contribution in [2.24, 2.45) is 0 Å². The molecule has 128 valence electrons. The van der Waals surface area contributed by atoms with E-state index >= 15 is 0 Å². The maximum Gasteiger partial charge on any atom is 0.373 e. The third kappa shape index (κ3) is 2.93. The van der Waals surface area contributed by atoms with Crippen LogP contribution in [0.1, 0.15) is 60.6 Å². The summed E-state index contributed by atoms with van der Waals surface area (Å²) in [5.41, 5.74) is 3.89. The largest absolute Gasteiger partial charge is 0.463 e. The van der Waals surface area contributed by atoms with Crippen LogP contribution in [-0.4, -0.2) is 18.6 Å². The Balaban J connectivity index is 1.96. The van der Waals surface area contributed by atoms with Gasteiger partial charge >= 0.3 is 5.97 Å². The molecule has 0 amide bonds. The first-order valence-corrected chi connectivity index (χ1v) is 8.37. The summed E-state index contributed by atoms with van der Waals surface area (Å²) in [6.45, 7) is 9.56. The second kappa shape index (κ2) is 6.00. The zero-order valence-corrected chi connectivity index (χ0v) is 15.1. The van der Waals surface area contributed by atoms with E-state index in [2.05, 4.69) is 50.8 Å². The molecule has 0 bridgehead atoms. The minimum absolute atomic E-state index is 0.0123. The van der Waals surface area contributed by atoms with Crippen molar-refractivity contribution in [3.8, 4) is 0 Å². The van der Waals surface area contributed by atoms with Crippen LogP contribution in [0.5, 0.6) is 0 Å². The van der Waals surface area contributed by atoms with Crippen molar-refractivity contribution in [1.82, 2.24) is 0 Å². The lowest BCUT2D eigenvalue weighted by Crippen LogP contribution is -2.47. The summed E-state index contributed by atoms with van der Waals surface area (Å²) in [4.78, 5) is 14.0. The van der Waals surface area contributed by atoms with E-state index in [-0.39, 0.29) is 11.3 Å². The summed E-state index contributed by atoms with van der Waals surface area (Å²) in [7, 11) is 1.36. The maximum atomic E-state index is 11.6. The lowest BCUT2D eigenvalue weighted by atomic mass is 9.79. The third-order valence-corrected chi connectivity index (χ3v) is 4.91. The molecule has 0 fully saturated rings. The first-order valence-electron chi connectivity index (χ1n) is 8.37. The number of fused-ring (bicyclic) bond motifs is 1. The predicted octanol–water partition coefficient (Wildman–Crippen LogP) is 4.67. The van der Waals surface area contributed by atoms with Gasteiger partial charge in [0.1, 0.15) is 5.76 Å². The Morgan fingerprint density at radius 1 is 1.33 bits per heavy atom. The van der Waals surface area contributed by atoms with Crippen molar-refractivity contribution in [2.75, 3.05) is 12.0 Å². The Kier molecular flexibility index (Phi) is 4.16. The van der Waals surface area contributed by atoms with E-state index in [0.717, 1.165) is 12.2 Å². The number of hydrogen-bond donors (Lipinski definition) is 0. The summed E-state index contributed by atoms with van der Waals surface area (Å²) >= 11 is 0. The van der Waals surface area contributed by atoms with Gasteiger partial charge in [0.25, 0.3) is 0 Å². The van der Waals surface area contributed by atoms with Gasteiger partial charge in [0.15, 0.2) is 0 Å². The fourth-order valence-corrected chi connectivity index (χ4v) is 3.73. The number of carbonyl (C=O) groups is 1. The fourth-order valence-electron chi connectivity index (χ4n) is 3.73. The molecule has 0 radical (unpaired) electrons. The number of furan rings is 1. The fraction of sp³-hybridized carbons (Fsp3) is 0.450. The summed E-state index contributed by atoms with van der Waals surface area (Å²) in [6.07, 6.45) is 1.08. The van der Waals surface area contributed by atoms with Gasteiger partial charge < -0.3 is 14.1 Å². The highest BCUT2D eigenvalue weighted by molar-refractivity contribution is 5.86. The van der Waals surface area contributed by atoms with Gasteiger partial charge in [-0.3, -0.25) is 0 Å². The predicted molar refractivity (Wildman–Crippen MR) is 94.5 cm³/mol. The number of methoxy groups -OCH3 is 1. The SMILES string of the molecule is COC(=O)c1ccc(CN2c3cc(C)ccc3[C@@H](C)CC2(C)C)o1. The minimum Gasteiger partial charge on any atom is -0.463 e. The molecule has 3 rings (SSSR count). The van der Waals surface area contributed by atoms with E-state index in [1.165, 1.54) is 23.9 Å². The van der Waals surface area contributed by atoms with Gasteiger partial charge in [-0.05, 0) is 62.4 Å². The molecule has 0 saturated heterocycles. The zero-order valence-electron chi connectivity index (χ0n) is 15.1. The molecule has 4 nitrogen and oxygen atoms in total. The van der Waals surface area contributed by atoms with E-state index in [1.54, 1.807) is 6.07 Å². The van der Waals surface area contributed by atoms with E-state index in [0.29, 0.717) is 12.5 Å². The second-order valence-electron chi connectivity index (χ2n) is 7.32. The average molecular weight is 327 g/mol. The monoisotopic (exact) mass is 327 g/mol. The zero-order chi connectivity index (χ0) is 17.5. The van der Waals surface area contributed by atoms with Gasteiger partial charge in [0, 0.05) is 11.2 Å². The summed E-state index contributed by atoms with van der Waals surface area (Å²) in [6, 6.07) is 10.2. The van der Waals surface area contributed by atoms with Crippen molar-refractivity contribution in [1.29, 1.82) is 0 Å². The van der Waals surface area contributed by atoms with E-state index in [9.17, 15) is 4.79 Å². The van der Waals surface area contributed by atoms with Crippen LogP contribution >= 0.6 is 0 Å². The molecular weight excluding hydrogens is 302 g/mol. The van der Waals surface area contributed by atoms with Gasteiger partial charge in [-0.15, -0.1) is 0 Å². The summed E-state index contributed by atoms with van der Waals surface area (Å²) in [5.74, 6) is 1.10. The van der Waals surface area contributed by atoms with Crippen molar-refractivity contribution in [3.05, 3.63) is 53.0 Å². The Morgan fingerprint density at radius 3 is 2.79 bits per heavy atom. The molecule has 2 heterocycles. The number of esters is 1. The van der Waals surface area contributed by atoms with Gasteiger partial charge in [0.2, 0.25) is 5.76 Å². The highest BCUT2D eigenvalue weighted by Gasteiger charge is 2.36.